The van der Waals surface area contributed by atoms with Crippen LogP contribution in [0.3, 0.4) is 0 Å². The molecule has 3 heterocycles. The minimum atomic E-state index is -0.0146. The summed E-state index contributed by atoms with van der Waals surface area (Å²) < 4.78 is 0. The summed E-state index contributed by atoms with van der Waals surface area (Å²) >= 11 is 0. The van der Waals surface area contributed by atoms with Gasteiger partial charge in [-0.1, -0.05) is 13.3 Å². The number of hydrogen-bond acceptors (Lipinski definition) is 4. The maximum absolute atomic E-state index is 12.6. The lowest BCUT2D eigenvalue weighted by atomic mass is 10.0. The fraction of sp³-hybridized carbons (Fsp3) is 0.737. The lowest BCUT2D eigenvalue weighted by Crippen LogP contribution is -2.53. The Balaban J connectivity index is 1.47. The number of hydrogen-bond donors (Lipinski definition) is 1. The lowest BCUT2D eigenvalue weighted by molar-refractivity contribution is -0.136. The van der Waals surface area contributed by atoms with Crippen molar-refractivity contribution in [2.45, 2.75) is 52.0 Å². The maximum Gasteiger partial charge on any atom is 0.274 e. The van der Waals surface area contributed by atoms with Gasteiger partial charge in [-0.25, -0.2) is 0 Å². The van der Waals surface area contributed by atoms with Crippen molar-refractivity contribution < 1.29 is 9.59 Å². The van der Waals surface area contributed by atoms with Crippen molar-refractivity contribution in [1.29, 1.82) is 0 Å². The van der Waals surface area contributed by atoms with Crippen LogP contribution in [0.2, 0.25) is 0 Å². The number of aromatic nitrogens is 2. The van der Waals surface area contributed by atoms with Crippen LogP contribution in [0.4, 0.5) is 0 Å². The summed E-state index contributed by atoms with van der Waals surface area (Å²) in [4.78, 5) is 31.2. The van der Waals surface area contributed by atoms with Crippen molar-refractivity contribution in [3.63, 3.8) is 0 Å². The zero-order chi connectivity index (χ0) is 18.5. The molecule has 1 N–H and O–H groups in total. The van der Waals surface area contributed by atoms with E-state index in [-0.39, 0.29) is 11.8 Å². The van der Waals surface area contributed by atoms with Gasteiger partial charge in [-0.05, 0) is 38.7 Å². The molecule has 0 spiro atoms. The molecule has 144 valence electrons. The molecular weight excluding hydrogens is 330 g/mol. The second-order valence-electron chi connectivity index (χ2n) is 7.53. The smallest absolute Gasteiger partial charge is 0.274 e. The number of nitrogens with one attached hydrogen (secondary N) is 1. The molecule has 1 aromatic heterocycles. The van der Waals surface area contributed by atoms with Gasteiger partial charge >= 0.3 is 0 Å². The van der Waals surface area contributed by atoms with E-state index < -0.39 is 0 Å². The SMILES string of the molecule is CCCc1cc(C(=O)N2CCN(CC(=O)N3CCCCC3C)CC2)n[nH]1. The van der Waals surface area contributed by atoms with Crippen molar-refractivity contribution in [2.75, 3.05) is 39.3 Å². The molecule has 2 saturated heterocycles. The molecule has 2 amide bonds. The fourth-order valence-electron chi connectivity index (χ4n) is 3.89. The topological polar surface area (TPSA) is 72.5 Å². The third kappa shape index (κ3) is 4.44. The molecule has 1 unspecified atom stereocenters. The summed E-state index contributed by atoms with van der Waals surface area (Å²) in [6, 6.07) is 2.22. The molecule has 2 fully saturated rings. The van der Waals surface area contributed by atoms with E-state index in [1.807, 2.05) is 15.9 Å². The van der Waals surface area contributed by atoms with E-state index in [4.69, 9.17) is 0 Å². The first-order chi connectivity index (χ1) is 12.6. The van der Waals surface area contributed by atoms with Crippen LogP contribution in [0.15, 0.2) is 6.07 Å². The largest absolute Gasteiger partial charge is 0.339 e. The van der Waals surface area contributed by atoms with Crippen LogP contribution >= 0.6 is 0 Å². The number of carbonyl (C=O) groups is 2. The van der Waals surface area contributed by atoms with E-state index in [1.54, 1.807) is 0 Å². The summed E-state index contributed by atoms with van der Waals surface area (Å²) in [6.07, 6.45) is 5.38. The van der Waals surface area contributed by atoms with Gasteiger partial charge in [0.05, 0.1) is 6.54 Å². The zero-order valence-electron chi connectivity index (χ0n) is 16.0. The Labute approximate surface area is 155 Å². The van der Waals surface area contributed by atoms with Gasteiger partial charge in [-0.15, -0.1) is 0 Å². The number of piperazine rings is 1. The number of H-pyrrole nitrogens is 1. The third-order valence-electron chi connectivity index (χ3n) is 5.51. The lowest BCUT2D eigenvalue weighted by Gasteiger charge is -2.37. The van der Waals surface area contributed by atoms with E-state index in [2.05, 4.69) is 28.9 Å². The van der Waals surface area contributed by atoms with Gasteiger partial charge in [-0.2, -0.15) is 5.10 Å². The molecule has 1 aromatic rings. The van der Waals surface area contributed by atoms with E-state index >= 15 is 0 Å². The molecule has 7 heteroatoms. The number of carbonyl (C=O) groups excluding carboxylic acids is 2. The molecule has 0 radical (unpaired) electrons. The van der Waals surface area contributed by atoms with Crippen LogP contribution in [0.1, 0.15) is 55.7 Å². The summed E-state index contributed by atoms with van der Waals surface area (Å²) in [5.74, 6) is 0.215. The first-order valence-electron chi connectivity index (χ1n) is 9.94. The summed E-state index contributed by atoms with van der Waals surface area (Å²) in [5.41, 5.74) is 1.51. The fourth-order valence-corrected chi connectivity index (χ4v) is 3.89. The van der Waals surface area contributed by atoms with Gasteiger partial charge in [0.2, 0.25) is 5.91 Å². The van der Waals surface area contributed by atoms with Gasteiger partial charge in [-0.3, -0.25) is 19.6 Å². The van der Waals surface area contributed by atoms with Gasteiger partial charge in [0, 0.05) is 44.5 Å². The molecule has 1 atom stereocenters. The first-order valence-corrected chi connectivity index (χ1v) is 9.94. The highest BCUT2D eigenvalue weighted by Crippen LogP contribution is 2.17. The predicted molar refractivity (Wildman–Crippen MR) is 100.0 cm³/mol. The monoisotopic (exact) mass is 361 g/mol. The molecule has 2 aliphatic rings. The first kappa shape index (κ1) is 18.9. The van der Waals surface area contributed by atoms with Crippen LogP contribution < -0.4 is 0 Å². The van der Waals surface area contributed by atoms with Crippen LogP contribution in [0, 0.1) is 0 Å². The highest BCUT2D eigenvalue weighted by Gasteiger charge is 2.28. The Morgan fingerprint density at radius 2 is 1.96 bits per heavy atom. The van der Waals surface area contributed by atoms with Crippen molar-refractivity contribution in [3.8, 4) is 0 Å². The van der Waals surface area contributed by atoms with Gasteiger partial charge in [0.25, 0.3) is 5.91 Å². The maximum atomic E-state index is 12.6. The van der Waals surface area contributed by atoms with Crippen LogP contribution in [-0.4, -0.2) is 82.0 Å². The highest BCUT2D eigenvalue weighted by molar-refractivity contribution is 5.92. The molecule has 3 rings (SSSR count). The van der Waals surface area contributed by atoms with Crippen molar-refractivity contribution in [2.24, 2.45) is 0 Å². The number of rotatable bonds is 5. The number of amides is 2. The molecule has 0 saturated carbocycles. The normalized spacial score (nSPS) is 21.8. The summed E-state index contributed by atoms with van der Waals surface area (Å²) in [5, 5.41) is 7.10. The minimum absolute atomic E-state index is 0.0146. The van der Waals surface area contributed by atoms with Crippen LogP contribution in [-0.2, 0) is 11.2 Å². The second-order valence-corrected chi connectivity index (χ2v) is 7.53. The van der Waals surface area contributed by atoms with Crippen LogP contribution in [0.25, 0.3) is 0 Å². The molecule has 2 aliphatic heterocycles. The molecule has 0 bridgehead atoms. The van der Waals surface area contributed by atoms with Crippen LogP contribution in [0.5, 0.6) is 0 Å². The second kappa shape index (κ2) is 8.66. The zero-order valence-corrected chi connectivity index (χ0v) is 16.0. The third-order valence-corrected chi connectivity index (χ3v) is 5.51. The Kier molecular flexibility index (Phi) is 6.29. The summed E-state index contributed by atoms with van der Waals surface area (Å²) in [6.45, 7) is 8.39. The van der Waals surface area contributed by atoms with Crippen molar-refractivity contribution in [3.05, 3.63) is 17.5 Å². The van der Waals surface area contributed by atoms with Gasteiger partial charge in [0.1, 0.15) is 5.69 Å². The number of likely N-dealkylation sites (tertiary alicyclic amines) is 1. The highest BCUT2D eigenvalue weighted by atomic mass is 16.2. The minimum Gasteiger partial charge on any atom is -0.339 e. The number of piperidine rings is 1. The Hall–Kier alpha value is -1.89. The molecule has 0 aliphatic carbocycles. The standard InChI is InChI=1S/C19H31N5O2/c1-3-6-16-13-17(21-20-16)19(26)23-11-9-22(10-12-23)14-18(25)24-8-5-4-7-15(24)2/h13,15H,3-12,14H2,1-2H3,(H,20,21). The predicted octanol–water partition coefficient (Wildman–Crippen LogP) is 1.52. The van der Waals surface area contributed by atoms with E-state index in [1.165, 1.54) is 6.42 Å². The van der Waals surface area contributed by atoms with E-state index in [0.717, 1.165) is 51.0 Å². The van der Waals surface area contributed by atoms with Gasteiger partial charge in [0.15, 0.2) is 0 Å². The average molecular weight is 361 g/mol. The molecular formula is C19H31N5O2. The van der Waals surface area contributed by atoms with E-state index in [9.17, 15) is 9.59 Å². The molecule has 0 aromatic carbocycles. The Bertz CT molecular complexity index is 621. The number of aryl methyl sites for hydroxylation is 1. The van der Waals surface area contributed by atoms with E-state index in [0.29, 0.717) is 31.4 Å². The Morgan fingerprint density at radius 3 is 2.65 bits per heavy atom. The van der Waals surface area contributed by atoms with Crippen molar-refractivity contribution in [1.82, 2.24) is 24.9 Å². The molecule has 7 nitrogen and oxygen atoms in total. The van der Waals surface area contributed by atoms with Crippen molar-refractivity contribution >= 4 is 11.8 Å². The summed E-state index contributed by atoms with van der Waals surface area (Å²) in [7, 11) is 0. The number of nitrogens with zero attached hydrogens (tertiary/aromatic N) is 4. The molecule has 26 heavy (non-hydrogen) atoms. The quantitative estimate of drug-likeness (QED) is 0.863. The Morgan fingerprint density at radius 1 is 1.19 bits per heavy atom. The van der Waals surface area contributed by atoms with Gasteiger partial charge < -0.3 is 9.80 Å². The average Bonchev–Trinajstić information content (AvgIpc) is 3.11. The number of aromatic amines is 1.